The standard InChI is InChI=1S/C13H19N3O2/c1-18-10-4-8-16-12(6-3-9-17)15-11-5-2-7-14-13(11)16/h2,5,7,17H,3-4,6,8-10H2,1H3. The number of methoxy groups -OCH3 is 1. The Morgan fingerprint density at radius 1 is 1.39 bits per heavy atom. The molecule has 0 saturated carbocycles. The van der Waals surface area contributed by atoms with Gasteiger partial charge < -0.3 is 14.4 Å². The van der Waals surface area contributed by atoms with Crippen LogP contribution in [0.25, 0.3) is 11.2 Å². The molecule has 1 N–H and O–H groups in total. The van der Waals surface area contributed by atoms with Crippen LogP contribution >= 0.6 is 0 Å². The molecule has 0 fully saturated rings. The van der Waals surface area contributed by atoms with Crippen molar-refractivity contribution in [2.75, 3.05) is 20.3 Å². The van der Waals surface area contributed by atoms with Crippen molar-refractivity contribution in [2.45, 2.75) is 25.8 Å². The Bertz CT molecular complexity index is 496. The van der Waals surface area contributed by atoms with E-state index in [1.165, 1.54) is 0 Å². The normalized spacial score (nSPS) is 11.2. The van der Waals surface area contributed by atoms with Gasteiger partial charge in [-0.05, 0) is 25.0 Å². The van der Waals surface area contributed by atoms with Gasteiger partial charge in [-0.3, -0.25) is 0 Å². The number of ether oxygens (including phenoxy) is 1. The molecule has 2 aromatic heterocycles. The number of rotatable bonds is 7. The van der Waals surface area contributed by atoms with Gasteiger partial charge in [-0.2, -0.15) is 0 Å². The van der Waals surface area contributed by atoms with E-state index in [0.717, 1.165) is 49.4 Å². The molecule has 2 heterocycles. The van der Waals surface area contributed by atoms with E-state index in [1.54, 1.807) is 13.3 Å². The van der Waals surface area contributed by atoms with Crippen molar-refractivity contribution in [3.8, 4) is 0 Å². The number of hydrogen-bond acceptors (Lipinski definition) is 4. The van der Waals surface area contributed by atoms with Gasteiger partial charge in [0.2, 0.25) is 0 Å². The van der Waals surface area contributed by atoms with Crippen molar-refractivity contribution in [1.29, 1.82) is 0 Å². The number of aromatic nitrogens is 3. The first-order chi connectivity index (χ1) is 8.86. The van der Waals surface area contributed by atoms with Crippen LogP contribution in [0.4, 0.5) is 0 Å². The summed E-state index contributed by atoms with van der Waals surface area (Å²) >= 11 is 0. The molecule has 5 nitrogen and oxygen atoms in total. The van der Waals surface area contributed by atoms with Gasteiger partial charge >= 0.3 is 0 Å². The number of aliphatic hydroxyl groups excluding tert-OH is 1. The van der Waals surface area contributed by atoms with E-state index in [2.05, 4.69) is 14.5 Å². The molecule has 0 aliphatic heterocycles. The second kappa shape index (κ2) is 6.47. The zero-order valence-corrected chi connectivity index (χ0v) is 10.7. The van der Waals surface area contributed by atoms with Crippen molar-refractivity contribution in [1.82, 2.24) is 14.5 Å². The van der Waals surface area contributed by atoms with Crippen molar-refractivity contribution >= 4 is 11.2 Å². The zero-order chi connectivity index (χ0) is 12.8. The Labute approximate surface area is 106 Å². The molecule has 98 valence electrons. The number of nitrogens with zero attached hydrogens (tertiary/aromatic N) is 3. The smallest absolute Gasteiger partial charge is 0.159 e. The van der Waals surface area contributed by atoms with Crippen LogP contribution in [-0.2, 0) is 17.7 Å². The quantitative estimate of drug-likeness (QED) is 0.753. The van der Waals surface area contributed by atoms with Gasteiger partial charge in [-0.1, -0.05) is 0 Å². The van der Waals surface area contributed by atoms with Gasteiger partial charge in [-0.15, -0.1) is 0 Å². The van der Waals surface area contributed by atoms with Crippen LogP contribution in [0.5, 0.6) is 0 Å². The average molecular weight is 249 g/mol. The van der Waals surface area contributed by atoms with Crippen LogP contribution in [0.2, 0.25) is 0 Å². The summed E-state index contributed by atoms with van der Waals surface area (Å²) in [5, 5.41) is 8.93. The van der Waals surface area contributed by atoms with Crippen molar-refractivity contribution < 1.29 is 9.84 Å². The summed E-state index contributed by atoms with van der Waals surface area (Å²) in [4.78, 5) is 8.96. The SMILES string of the molecule is COCCCn1c(CCCO)nc2cccnc21. The molecule has 0 atom stereocenters. The maximum atomic E-state index is 8.93. The molecule has 0 saturated heterocycles. The number of fused-ring (bicyclic) bond motifs is 1. The number of pyridine rings is 1. The van der Waals surface area contributed by atoms with Gasteiger partial charge in [0.1, 0.15) is 11.3 Å². The Kier molecular flexibility index (Phi) is 4.66. The van der Waals surface area contributed by atoms with Crippen molar-refractivity contribution in [2.24, 2.45) is 0 Å². The highest BCUT2D eigenvalue weighted by molar-refractivity contribution is 5.71. The Balaban J connectivity index is 2.25. The highest BCUT2D eigenvalue weighted by Gasteiger charge is 2.10. The second-order valence-corrected chi connectivity index (χ2v) is 4.20. The molecular weight excluding hydrogens is 230 g/mol. The molecule has 2 aromatic rings. The summed E-state index contributed by atoms with van der Waals surface area (Å²) in [5.41, 5.74) is 1.84. The van der Waals surface area contributed by atoms with E-state index in [4.69, 9.17) is 9.84 Å². The fraction of sp³-hybridized carbons (Fsp3) is 0.538. The summed E-state index contributed by atoms with van der Waals surface area (Å²) in [6.07, 6.45) is 4.23. The van der Waals surface area contributed by atoms with Gasteiger partial charge in [0.15, 0.2) is 5.65 Å². The summed E-state index contributed by atoms with van der Waals surface area (Å²) in [6.45, 7) is 1.77. The fourth-order valence-electron chi connectivity index (χ4n) is 2.04. The second-order valence-electron chi connectivity index (χ2n) is 4.20. The van der Waals surface area contributed by atoms with E-state index in [-0.39, 0.29) is 6.61 Å². The van der Waals surface area contributed by atoms with Gasteiger partial charge in [0.25, 0.3) is 0 Å². The molecule has 0 aliphatic carbocycles. The van der Waals surface area contributed by atoms with Crippen LogP contribution in [-0.4, -0.2) is 40.0 Å². The molecule has 2 rings (SSSR count). The van der Waals surface area contributed by atoms with E-state index in [1.807, 2.05) is 12.1 Å². The molecule has 0 unspecified atom stereocenters. The maximum Gasteiger partial charge on any atom is 0.159 e. The lowest BCUT2D eigenvalue weighted by Gasteiger charge is -2.07. The first-order valence-corrected chi connectivity index (χ1v) is 6.26. The Hall–Kier alpha value is -1.46. The van der Waals surface area contributed by atoms with E-state index in [9.17, 15) is 0 Å². The predicted octanol–water partition coefficient (Wildman–Crippen LogP) is 1.39. The summed E-state index contributed by atoms with van der Waals surface area (Å²) in [6, 6.07) is 3.86. The highest BCUT2D eigenvalue weighted by Crippen LogP contribution is 2.15. The van der Waals surface area contributed by atoms with Crippen molar-refractivity contribution in [3.63, 3.8) is 0 Å². The third-order valence-electron chi connectivity index (χ3n) is 2.87. The monoisotopic (exact) mass is 249 g/mol. The van der Waals surface area contributed by atoms with Crippen LogP contribution < -0.4 is 0 Å². The van der Waals surface area contributed by atoms with E-state index in [0.29, 0.717) is 0 Å². The van der Waals surface area contributed by atoms with Gasteiger partial charge in [-0.25, -0.2) is 9.97 Å². The van der Waals surface area contributed by atoms with Crippen LogP contribution in [0, 0.1) is 0 Å². The zero-order valence-electron chi connectivity index (χ0n) is 10.7. The van der Waals surface area contributed by atoms with Crippen LogP contribution in [0.15, 0.2) is 18.3 Å². The molecule has 18 heavy (non-hydrogen) atoms. The van der Waals surface area contributed by atoms with Crippen LogP contribution in [0.3, 0.4) is 0 Å². The molecule has 0 aromatic carbocycles. The Morgan fingerprint density at radius 2 is 2.28 bits per heavy atom. The molecule has 0 spiro atoms. The molecular formula is C13H19N3O2. The molecule has 0 bridgehead atoms. The topological polar surface area (TPSA) is 60.2 Å². The lowest BCUT2D eigenvalue weighted by molar-refractivity contribution is 0.190. The largest absolute Gasteiger partial charge is 0.396 e. The van der Waals surface area contributed by atoms with Gasteiger partial charge in [0, 0.05) is 39.5 Å². The maximum absolute atomic E-state index is 8.93. The number of aryl methyl sites for hydroxylation is 2. The summed E-state index contributed by atoms with van der Waals surface area (Å²) < 4.78 is 7.21. The lowest BCUT2D eigenvalue weighted by atomic mass is 10.3. The van der Waals surface area contributed by atoms with Crippen LogP contribution in [0.1, 0.15) is 18.7 Å². The lowest BCUT2D eigenvalue weighted by Crippen LogP contribution is -2.07. The molecule has 5 heteroatoms. The fourth-order valence-corrected chi connectivity index (χ4v) is 2.04. The molecule has 0 amide bonds. The number of aliphatic hydroxyl groups is 1. The average Bonchev–Trinajstić information content (AvgIpc) is 2.75. The van der Waals surface area contributed by atoms with E-state index < -0.39 is 0 Å². The molecule has 0 radical (unpaired) electrons. The summed E-state index contributed by atoms with van der Waals surface area (Å²) in [7, 11) is 1.71. The van der Waals surface area contributed by atoms with E-state index >= 15 is 0 Å². The minimum atomic E-state index is 0.189. The third-order valence-corrected chi connectivity index (χ3v) is 2.87. The summed E-state index contributed by atoms with van der Waals surface area (Å²) in [5.74, 6) is 0.994. The minimum Gasteiger partial charge on any atom is -0.396 e. The van der Waals surface area contributed by atoms with Crippen molar-refractivity contribution in [3.05, 3.63) is 24.2 Å². The number of hydrogen-bond donors (Lipinski definition) is 1. The third kappa shape index (κ3) is 2.86. The van der Waals surface area contributed by atoms with Gasteiger partial charge in [0.05, 0.1) is 0 Å². The molecule has 0 aliphatic rings. The minimum absolute atomic E-state index is 0.189. The number of imidazole rings is 1. The predicted molar refractivity (Wildman–Crippen MR) is 69.4 cm³/mol. The first-order valence-electron chi connectivity index (χ1n) is 6.26. The Morgan fingerprint density at radius 3 is 3.06 bits per heavy atom. The highest BCUT2D eigenvalue weighted by atomic mass is 16.5. The first kappa shape index (κ1) is 13.0.